The second-order valence-electron chi connectivity index (χ2n) is 10.1. The van der Waals surface area contributed by atoms with Crippen LogP contribution in [0, 0.1) is 12.8 Å². The van der Waals surface area contributed by atoms with Crippen molar-refractivity contribution in [3.05, 3.63) is 86.1 Å². The van der Waals surface area contributed by atoms with Gasteiger partial charge < -0.3 is 9.73 Å². The van der Waals surface area contributed by atoms with E-state index in [1.165, 1.54) is 10.8 Å². The summed E-state index contributed by atoms with van der Waals surface area (Å²) in [5.74, 6) is -0.377. The lowest BCUT2D eigenvalue weighted by Crippen LogP contribution is -2.39. The van der Waals surface area contributed by atoms with Gasteiger partial charge >= 0.3 is 11.4 Å². The number of fused-ring (bicyclic) bond motifs is 2. The van der Waals surface area contributed by atoms with Crippen molar-refractivity contribution < 1.29 is 9.21 Å². The van der Waals surface area contributed by atoms with E-state index in [-0.39, 0.29) is 23.6 Å². The number of hydrogen-bond acceptors (Lipinski definition) is 6. The average Bonchev–Trinajstić information content (AvgIpc) is 3.37. The van der Waals surface area contributed by atoms with Crippen molar-refractivity contribution in [2.45, 2.75) is 45.2 Å². The second kappa shape index (κ2) is 9.85. The molecule has 200 valence electrons. The van der Waals surface area contributed by atoms with E-state index in [1.807, 2.05) is 28.8 Å². The minimum atomic E-state index is -0.504. The Morgan fingerprint density at radius 3 is 2.59 bits per heavy atom. The third-order valence-electron chi connectivity index (χ3n) is 7.62. The molecule has 0 spiro atoms. The Labute approximate surface area is 227 Å². The normalized spacial score (nSPS) is 17.6. The van der Waals surface area contributed by atoms with Crippen LogP contribution in [0.3, 0.4) is 0 Å². The number of nitrogens with one attached hydrogen (secondary N) is 1. The van der Waals surface area contributed by atoms with E-state index in [2.05, 4.69) is 15.3 Å². The van der Waals surface area contributed by atoms with Gasteiger partial charge in [-0.2, -0.15) is 0 Å². The molecule has 0 saturated heterocycles. The van der Waals surface area contributed by atoms with E-state index >= 15 is 0 Å². The molecule has 0 bridgehead atoms. The number of halogens is 1. The van der Waals surface area contributed by atoms with Crippen molar-refractivity contribution in [1.29, 1.82) is 0 Å². The number of rotatable bonds is 5. The first-order chi connectivity index (χ1) is 18.8. The highest BCUT2D eigenvalue weighted by molar-refractivity contribution is 6.30. The molecule has 0 unspecified atom stereocenters. The summed E-state index contributed by atoms with van der Waals surface area (Å²) in [5.41, 5.74) is 3.84. The number of hydrogen-bond donors (Lipinski definition) is 1. The van der Waals surface area contributed by atoms with Crippen molar-refractivity contribution >= 4 is 39.8 Å². The van der Waals surface area contributed by atoms with E-state index in [4.69, 9.17) is 16.0 Å². The van der Waals surface area contributed by atoms with E-state index in [0.29, 0.717) is 39.7 Å². The fourth-order valence-corrected chi connectivity index (χ4v) is 5.67. The van der Waals surface area contributed by atoms with Crippen molar-refractivity contribution in [3.63, 3.8) is 0 Å². The number of aryl methyl sites for hydroxylation is 2. The zero-order valence-corrected chi connectivity index (χ0v) is 22.3. The quantitative estimate of drug-likeness (QED) is 0.356. The van der Waals surface area contributed by atoms with Crippen molar-refractivity contribution in [1.82, 2.24) is 29.0 Å². The molecule has 11 heteroatoms. The first-order valence-corrected chi connectivity index (χ1v) is 13.3. The summed E-state index contributed by atoms with van der Waals surface area (Å²) >= 11 is 6.03. The number of benzene rings is 1. The zero-order valence-electron chi connectivity index (χ0n) is 21.6. The predicted molar refractivity (Wildman–Crippen MR) is 148 cm³/mol. The first kappa shape index (κ1) is 25.1. The van der Waals surface area contributed by atoms with Gasteiger partial charge in [0, 0.05) is 31.9 Å². The van der Waals surface area contributed by atoms with E-state index in [0.717, 1.165) is 36.7 Å². The monoisotopic (exact) mass is 546 g/mol. The summed E-state index contributed by atoms with van der Waals surface area (Å²) in [4.78, 5) is 47.0. The van der Waals surface area contributed by atoms with Gasteiger partial charge in [0.1, 0.15) is 0 Å². The van der Waals surface area contributed by atoms with Gasteiger partial charge in [0.05, 0.1) is 39.2 Å². The number of aromatic nitrogens is 5. The van der Waals surface area contributed by atoms with Gasteiger partial charge in [0.25, 0.3) is 5.91 Å². The van der Waals surface area contributed by atoms with E-state index in [1.54, 1.807) is 36.9 Å². The smallest absolute Gasteiger partial charge is 0.406 e. The van der Waals surface area contributed by atoms with Gasteiger partial charge in [0.15, 0.2) is 11.2 Å². The lowest BCUT2D eigenvalue weighted by Gasteiger charge is -2.29. The fraction of sp³-hybridized carbons (Fsp3) is 0.321. The Kier molecular flexibility index (Phi) is 6.34. The average molecular weight is 547 g/mol. The molecule has 1 aliphatic rings. The minimum Gasteiger partial charge on any atom is -0.406 e. The van der Waals surface area contributed by atoms with Crippen LogP contribution in [0.4, 0.5) is 0 Å². The minimum absolute atomic E-state index is 0.0588. The largest absolute Gasteiger partial charge is 0.420 e. The molecule has 1 saturated carbocycles. The Morgan fingerprint density at radius 2 is 1.82 bits per heavy atom. The number of amides is 1. The van der Waals surface area contributed by atoms with E-state index < -0.39 is 5.76 Å². The molecule has 1 amide bonds. The van der Waals surface area contributed by atoms with Crippen molar-refractivity contribution in [3.8, 4) is 5.69 Å². The molecule has 6 rings (SSSR count). The highest BCUT2D eigenvalue weighted by Crippen LogP contribution is 2.28. The van der Waals surface area contributed by atoms with Gasteiger partial charge in [-0.3, -0.25) is 23.5 Å². The van der Waals surface area contributed by atoms with Gasteiger partial charge in [-0.05, 0) is 56.7 Å². The lowest BCUT2D eigenvalue weighted by molar-refractivity contribution is 0.0919. The molecule has 0 aliphatic heterocycles. The molecule has 1 aliphatic carbocycles. The molecule has 39 heavy (non-hydrogen) atoms. The van der Waals surface area contributed by atoms with Crippen LogP contribution in [-0.4, -0.2) is 35.6 Å². The molecule has 10 nitrogen and oxygen atoms in total. The van der Waals surface area contributed by atoms with Crippen LogP contribution in [0.1, 0.15) is 41.7 Å². The number of oxazole rings is 1. The van der Waals surface area contributed by atoms with Crippen LogP contribution in [0.2, 0.25) is 5.02 Å². The molecular formula is C28H27ClN6O4. The Morgan fingerprint density at radius 1 is 1.08 bits per heavy atom. The summed E-state index contributed by atoms with van der Waals surface area (Å²) < 4.78 is 10.1. The van der Waals surface area contributed by atoms with Gasteiger partial charge in [0.2, 0.25) is 0 Å². The van der Waals surface area contributed by atoms with Crippen LogP contribution in [0.15, 0.2) is 62.8 Å². The van der Waals surface area contributed by atoms with Gasteiger partial charge in [-0.25, -0.2) is 14.6 Å². The molecule has 1 fully saturated rings. The lowest BCUT2D eigenvalue weighted by atomic mass is 9.85. The zero-order chi connectivity index (χ0) is 27.3. The van der Waals surface area contributed by atoms with Crippen molar-refractivity contribution in [2.24, 2.45) is 13.0 Å². The molecular weight excluding hydrogens is 520 g/mol. The molecule has 4 aromatic heterocycles. The SMILES string of the molecule is Cc1ncc(Cl)cc1C(=O)N[C@H]1CC[C@H](Cn2c(=O)n(-c3cnc4c(c3)oc(=O)n4C)c3ccccc32)CC1. The Bertz CT molecular complexity index is 1840. The molecule has 1 N–H and O–H groups in total. The second-order valence-corrected chi connectivity index (χ2v) is 10.6. The third-order valence-corrected chi connectivity index (χ3v) is 7.83. The highest BCUT2D eigenvalue weighted by atomic mass is 35.5. The summed E-state index contributed by atoms with van der Waals surface area (Å²) in [6.07, 6.45) is 6.53. The number of nitrogens with zero attached hydrogens (tertiary/aromatic N) is 5. The fourth-order valence-electron chi connectivity index (χ4n) is 5.51. The van der Waals surface area contributed by atoms with Crippen LogP contribution in [0.5, 0.6) is 0 Å². The number of pyridine rings is 2. The Balaban J connectivity index is 1.22. The maximum atomic E-state index is 13.7. The summed E-state index contributed by atoms with van der Waals surface area (Å²) in [6.45, 7) is 2.36. The van der Waals surface area contributed by atoms with Crippen LogP contribution in [-0.2, 0) is 13.6 Å². The van der Waals surface area contributed by atoms with Crippen LogP contribution < -0.4 is 16.8 Å². The summed E-state index contributed by atoms with van der Waals surface area (Å²) in [6, 6.07) is 11.0. The number of carbonyl (C=O) groups is 1. The maximum Gasteiger partial charge on any atom is 0.420 e. The van der Waals surface area contributed by atoms with E-state index in [9.17, 15) is 14.4 Å². The number of para-hydroxylation sites is 2. The Hall–Kier alpha value is -4.18. The maximum absolute atomic E-state index is 13.7. The highest BCUT2D eigenvalue weighted by Gasteiger charge is 2.26. The molecule has 5 aromatic rings. The third kappa shape index (κ3) is 4.54. The van der Waals surface area contributed by atoms with Gasteiger partial charge in [-0.1, -0.05) is 23.7 Å². The summed E-state index contributed by atoms with van der Waals surface area (Å²) in [5, 5.41) is 3.56. The number of carbonyl (C=O) groups excluding carboxylic acids is 1. The van der Waals surface area contributed by atoms with Gasteiger partial charge in [-0.15, -0.1) is 0 Å². The molecule has 0 radical (unpaired) electrons. The molecule has 1 aromatic carbocycles. The standard InChI is InChI=1S/C28H27ClN6O4/c1-16-21(11-18(29)13-30-16)26(36)32-19-9-7-17(8-10-19)15-34-22-5-3-4-6-23(22)35(27(34)37)20-12-24-25(31-14-20)33(2)28(38)39-24/h3-6,11-14,17,19H,7-10,15H2,1-2H3,(H,32,36)/t17-,19-. The summed E-state index contributed by atoms with van der Waals surface area (Å²) in [7, 11) is 1.59. The van der Waals surface area contributed by atoms with Crippen LogP contribution in [0.25, 0.3) is 28.0 Å². The van der Waals surface area contributed by atoms with Crippen LogP contribution >= 0.6 is 11.6 Å². The topological polar surface area (TPSA) is 117 Å². The first-order valence-electron chi connectivity index (χ1n) is 12.9. The van der Waals surface area contributed by atoms with Crippen molar-refractivity contribution in [2.75, 3.05) is 0 Å². The molecule has 4 heterocycles. The predicted octanol–water partition coefficient (Wildman–Crippen LogP) is 3.98. The molecule has 0 atom stereocenters. The number of imidazole rings is 1.